The summed E-state index contributed by atoms with van der Waals surface area (Å²) in [4.78, 5) is 20.8. The standard InChI is InChI=1S/C21H22N4O5/c1-21(2,14-11-24-7-6-22-17(24)9-16(14)28-4)30-19-12-25-10-13(20(26)29-5)15(27-3)8-18(25)23-19/h6-12H,1-5H3. The van der Waals surface area contributed by atoms with Gasteiger partial charge in [0, 0.05) is 36.9 Å². The van der Waals surface area contributed by atoms with Crippen LogP contribution < -0.4 is 14.2 Å². The number of nitrogens with zero attached hydrogens (tertiary/aromatic N) is 4. The van der Waals surface area contributed by atoms with Crippen LogP contribution >= 0.6 is 0 Å². The summed E-state index contributed by atoms with van der Waals surface area (Å²) in [5.74, 6) is 0.926. The van der Waals surface area contributed by atoms with Crippen LogP contribution in [0.1, 0.15) is 29.8 Å². The lowest BCUT2D eigenvalue weighted by Gasteiger charge is -2.27. The number of esters is 1. The molecule has 0 saturated heterocycles. The van der Waals surface area contributed by atoms with E-state index < -0.39 is 11.6 Å². The SMILES string of the molecule is COC(=O)c1cn2cc(OC(C)(C)c3cn4ccnc4cc3OC)nc2cc1OC. The Morgan fingerprint density at radius 3 is 2.40 bits per heavy atom. The number of aromatic nitrogens is 4. The number of pyridine rings is 2. The fourth-order valence-corrected chi connectivity index (χ4v) is 3.35. The van der Waals surface area contributed by atoms with E-state index in [0.717, 1.165) is 11.2 Å². The molecule has 0 radical (unpaired) electrons. The van der Waals surface area contributed by atoms with Crippen LogP contribution in [0.3, 0.4) is 0 Å². The first-order valence-corrected chi connectivity index (χ1v) is 9.21. The average molecular weight is 410 g/mol. The van der Waals surface area contributed by atoms with Crippen molar-refractivity contribution in [1.29, 1.82) is 0 Å². The zero-order valence-electron chi connectivity index (χ0n) is 17.4. The van der Waals surface area contributed by atoms with Gasteiger partial charge in [-0.25, -0.2) is 9.78 Å². The Bertz CT molecular complexity index is 1240. The fraction of sp³-hybridized carbons (Fsp3) is 0.286. The summed E-state index contributed by atoms with van der Waals surface area (Å²) >= 11 is 0. The summed E-state index contributed by atoms with van der Waals surface area (Å²) in [6.45, 7) is 3.86. The molecule has 0 atom stereocenters. The number of fused-ring (bicyclic) bond motifs is 2. The molecule has 0 aromatic carbocycles. The average Bonchev–Trinajstić information content (AvgIpc) is 3.35. The molecule has 0 unspecified atom stereocenters. The number of hydrogen-bond donors (Lipinski definition) is 0. The van der Waals surface area contributed by atoms with Gasteiger partial charge in [-0.3, -0.25) is 0 Å². The van der Waals surface area contributed by atoms with E-state index in [0.29, 0.717) is 28.6 Å². The van der Waals surface area contributed by atoms with Crippen molar-refractivity contribution in [2.75, 3.05) is 21.3 Å². The van der Waals surface area contributed by atoms with Crippen molar-refractivity contribution < 1.29 is 23.7 Å². The van der Waals surface area contributed by atoms with Gasteiger partial charge in [-0.15, -0.1) is 0 Å². The third-order valence-corrected chi connectivity index (χ3v) is 4.88. The van der Waals surface area contributed by atoms with Crippen LogP contribution in [0.4, 0.5) is 0 Å². The predicted octanol–water partition coefficient (Wildman–Crippen LogP) is 3.10. The highest BCUT2D eigenvalue weighted by molar-refractivity contribution is 5.92. The molecule has 4 aromatic heterocycles. The molecule has 0 aliphatic rings. The quantitative estimate of drug-likeness (QED) is 0.451. The molecule has 4 heterocycles. The minimum atomic E-state index is -0.767. The fourth-order valence-electron chi connectivity index (χ4n) is 3.35. The Kier molecular flexibility index (Phi) is 4.73. The largest absolute Gasteiger partial charge is 0.496 e. The first-order valence-electron chi connectivity index (χ1n) is 9.21. The van der Waals surface area contributed by atoms with E-state index in [-0.39, 0.29) is 0 Å². The van der Waals surface area contributed by atoms with Crippen molar-refractivity contribution in [1.82, 2.24) is 18.8 Å². The zero-order valence-corrected chi connectivity index (χ0v) is 17.4. The highest BCUT2D eigenvalue weighted by Crippen LogP contribution is 2.35. The number of carbonyl (C=O) groups is 1. The highest BCUT2D eigenvalue weighted by atomic mass is 16.5. The normalized spacial score (nSPS) is 11.6. The third-order valence-electron chi connectivity index (χ3n) is 4.88. The number of ether oxygens (including phenoxy) is 4. The lowest BCUT2D eigenvalue weighted by atomic mass is 9.99. The predicted molar refractivity (Wildman–Crippen MR) is 108 cm³/mol. The lowest BCUT2D eigenvalue weighted by molar-refractivity contribution is 0.0596. The molecule has 0 aliphatic heterocycles. The highest BCUT2D eigenvalue weighted by Gasteiger charge is 2.29. The summed E-state index contributed by atoms with van der Waals surface area (Å²) in [5, 5.41) is 0. The van der Waals surface area contributed by atoms with Crippen molar-refractivity contribution >= 4 is 17.3 Å². The van der Waals surface area contributed by atoms with Crippen LogP contribution in [-0.4, -0.2) is 46.1 Å². The maximum absolute atomic E-state index is 12.0. The molecule has 0 spiro atoms. The molecule has 9 nitrogen and oxygen atoms in total. The molecule has 0 bridgehead atoms. The second kappa shape index (κ2) is 7.25. The molecule has 30 heavy (non-hydrogen) atoms. The zero-order chi connectivity index (χ0) is 21.5. The van der Waals surface area contributed by atoms with E-state index in [9.17, 15) is 4.79 Å². The van der Waals surface area contributed by atoms with Crippen LogP contribution in [0, 0.1) is 0 Å². The van der Waals surface area contributed by atoms with Gasteiger partial charge in [0.15, 0.2) is 0 Å². The Balaban J connectivity index is 1.73. The van der Waals surface area contributed by atoms with E-state index >= 15 is 0 Å². The van der Waals surface area contributed by atoms with E-state index in [2.05, 4.69) is 9.97 Å². The van der Waals surface area contributed by atoms with Gasteiger partial charge in [0.2, 0.25) is 5.88 Å². The van der Waals surface area contributed by atoms with Crippen molar-refractivity contribution in [3.63, 3.8) is 0 Å². The van der Waals surface area contributed by atoms with E-state index in [1.54, 1.807) is 36.2 Å². The number of rotatable bonds is 6. The second-order valence-corrected chi connectivity index (χ2v) is 7.15. The second-order valence-electron chi connectivity index (χ2n) is 7.15. The smallest absolute Gasteiger partial charge is 0.343 e. The molecule has 0 aliphatic carbocycles. The molecule has 156 valence electrons. The van der Waals surface area contributed by atoms with Crippen molar-refractivity contribution in [2.24, 2.45) is 0 Å². The van der Waals surface area contributed by atoms with Gasteiger partial charge in [0.1, 0.15) is 34.0 Å². The molecule has 0 saturated carbocycles. The Morgan fingerprint density at radius 2 is 1.70 bits per heavy atom. The molecule has 0 fully saturated rings. The van der Waals surface area contributed by atoms with Crippen LogP contribution in [0.25, 0.3) is 11.3 Å². The topological polar surface area (TPSA) is 88.6 Å². The van der Waals surface area contributed by atoms with Gasteiger partial charge in [-0.1, -0.05) is 0 Å². The summed E-state index contributed by atoms with van der Waals surface area (Å²) in [6, 6.07) is 3.52. The molecule has 9 heteroatoms. The molecule has 0 N–H and O–H groups in total. The summed E-state index contributed by atoms with van der Waals surface area (Å²) < 4.78 is 25.5. The van der Waals surface area contributed by atoms with Crippen molar-refractivity contribution in [3.05, 3.63) is 54.2 Å². The maximum Gasteiger partial charge on any atom is 0.343 e. The van der Waals surface area contributed by atoms with Crippen molar-refractivity contribution in [2.45, 2.75) is 19.4 Å². The van der Waals surface area contributed by atoms with Crippen LogP contribution in [0.15, 0.2) is 43.1 Å². The summed E-state index contributed by atoms with van der Waals surface area (Å²) in [7, 11) is 4.42. The van der Waals surface area contributed by atoms with Crippen LogP contribution in [0.2, 0.25) is 0 Å². The minimum Gasteiger partial charge on any atom is -0.496 e. The van der Waals surface area contributed by atoms with Crippen molar-refractivity contribution in [3.8, 4) is 17.4 Å². The van der Waals surface area contributed by atoms with Gasteiger partial charge in [0.05, 0.1) is 33.1 Å². The van der Waals surface area contributed by atoms with Gasteiger partial charge in [0.25, 0.3) is 0 Å². The number of hydrogen-bond acceptors (Lipinski definition) is 7. The first kappa shape index (κ1) is 19.6. The Morgan fingerprint density at radius 1 is 0.967 bits per heavy atom. The first-order chi connectivity index (χ1) is 14.4. The maximum atomic E-state index is 12.0. The summed E-state index contributed by atoms with van der Waals surface area (Å²) in [5.41, 5.74) is 1.71. The van der Waals surface area contributed by atoms with E-state index in [1.807, 2.05) is 36.7 Å². The Hall–Kier alpha value is -3.75. The number of imidazole rings is 2. The minimum absolute atomic E-state index is 0.294. The van der Waals surface area contributed by atoms with Gasteiger partial charge < -0.3 is 27.7 Å². The van der Waals surface area contributed by atoms with E-state index in [1.165, 1.54) is 14.2 Å². The van der Waals surface area contributed by atoms with Crippen LogP contribution in [0.5, 0.6) is 17.4 Å². The molecule has 4 rings (SSSR count). The summed E-state index contributed by atoms with van der Waals surface area (Å²) in [6.07, 6.45) is 8.81. The molecular weight excluding hydrogens is 388 g/mol. The molecule has 0 amide bonds. The van der Waals surface area contributed by atoms with Gasteiger partial charge in [-0.05, 0) is 13.8 Å². The lowest BCUT2D eigenvalue weighted by Crippen LogP contribution is -2.26. The van der Waals surface area contributed by atoms with Gasteiger partial charge >= 0.3 is 5.97 Å². The Labute approximate surface area is 172 Å². The van der Waals surface area contributed by atoms with Gasteiger partial charge in [-0.2, -0.15) is 4.98 Å². The number of methoxy groups -OCH3 is 3. The number of carbonyl (C=O) groups excluding carboxylic acids is 1. The molecule has 4 aromatic rings. The molecular formula is C21H22N4O5. The third kappa shape index (κ3) is 3.28. The van der Waals surface area contributed by atoms with E-state index in [4.69, 9.17) is 18.9 Å². The van der Waals surface area contributed by atoms with Crippen LogP contribution in [-0.2, 0) is 10.3 Å². The monoisotopic (exact) mass is 410 g/mol.